The van der Waals surface area contributed by atoms with Crippen molar-refractivity contribution in [2.45, 2.75) is 35.5 Å². The van der Waals surface area contributed by atoms with Crippen LogP contribution in [0.15, 0.2) is 46.2 Å². The molecule has 2 aromatic carbocycles. The summed E-state index contributed by atoms with van der Waals surface area (Å²) in [7, 11) is 4.22. The van der Waals surface area contributed by atoms with Crippen molar-refractivity contribution in [1.82, 2.24) is 25.5 Å². The van der Waals surface area contributed by atoms with Crippen LogP contribution in [-0.2, 0) is 5.41 Å². The van der Waals surface area contributed by atoms with Crippen LogP contribution in [0.1, 0.15) is 31.7 Å². The van der Waals surface area contributed by atoms with Crippen molar-refractivity contribution in [3.8, 4) is 0 Å². The summed E-state index contributed by atoms with van der Waals surface area (Å²) in [5.41, 5.74) is 3.24. The number of halogens is 2. The van der Waals surface area contributed by atoms with Crippen molar-refractivity contribution in [1.29, 1.82) is 0 Å². The number of nitrogens with zero attached hydrogens (tertiary/aromatic N) is 5. The van der Waals surface area contributed by atoms with Gasteiger partial charge in [0, 0.05) is 21.4 Å². The molecule has 1 aromatic heterocycles. The predicted octanol–water partition coefficient (Wildman–Crippen LogP) is 5.16. The van der Waals surface area contributed by atoms with Crippen LogP contribution < -0.4 is 4.90 Å². The number of anilines is 2. The van der Waals surface area contributed by atoms with Gasteiger partial charge in [0.1, 0.15) is 0 Å². The summed E-state index contributed by atoms with van der Waals surface area (Å²) in [4.78, 5) is 7.06. The van der Waals surface area contributed by atoms with Crippen LogP contribution in [0.3, 0.4) is 0 Å². The number of benzene rings is 2. The summed E-state index contributed by atoms with van der Waals surface area (Å²) < 4.78 is 0. The Hall–Kier alpha value is -1.80. The van der Waals surface area contributed by atoms with E-state index in [2.05, 4.69) is 88.7 Å². The second kappa shape index (κ2) is 9.14. The van der Waals surface area contributed by atoms with E-state index >= 15 is 0 Å². The van der Waals surface area contributed by atoms with Gasteiger partial charge in [-0.2, -0.15) is 5.21 Å². The minimum Gasteiger partial charge on any atom is -0.340 e. The summed E-state index contributed by atoms with van der Waals surface area (Å²) in [6.07, 6.45) is 1.07. The Morgan fingerprint density at radius 3 is 2.60 bits per heavy atom. The predicted molar refractivity (Wildman–Crippen MR) is 126 cm³/mol. The van der Waals surface area contributed by atoms with Crippen LogP contribution in [0.4, 0.5) is 11.4 Å². The van der Waals surface area contributed by atoms with Gasteiger partial charge in [0.05, 0.1) is 16.8 Å². The Labute approximate surface area is 192 Å². The Morgan fingerprint density at radius 1 is 1.10 bits per heavy atom. The van der Waals surface area contributed by atoms with Gasteiger partial charge in [-0.3, -0.25) is 0 Å². The molecule has 2 heterocycles. The summed E-state index contributed by atoms with van der Waals surface area (Å²) in [6.45, 7) is 6.22. The number of rotatable bonds is 6. The van der Waals surface area contributed by atoms with Crippen molar-refractivity contribution in [3.63, 3.8) is 0 Å². The van der Waals surface area contributed by atoms with Gasteiger partial charge >= 0.3 is 0 Å². The number of tetrazole rings is 1. The maximum atomic E-state index is 6.28. The molecule has 0 saturated heterocycles. The molecule has 0 fully saturated rings. The molecule has 1 aliphatic heterocycles. The molecule has 1 aliphatic rings. The van der Waals surface area contributed by atoms with Gasteiger partial charge < -0.3 is 9.80 Å². The first-order valence-corrected chi connectivity index (χ1v) is 10.8. The van der Waals surface area contributed by atoms with Crippen molar-refractivity contribution in [3.05, 3.63) is 52.8 Å². The molecular weight excluding hydrogens is 439 g/mol. The number of hydrogen-bond acceptors (Lipinski definition) is 6. The molecule has 3 aromatic rings. The molecule has 0 radical (unpaired) electrons. The van der Waals surface area contributed by atoms with Gasteiger partial charge in [0.2, 0.25) is 0 Å². The molecule has 1 N–H and O–H groups in total. The molecule has 30 heavy (non-hydrogen) atoms. The Bertz CT molecular complexity index is 1010. The zero-order valence-corrected chi connectivity index (χ0v) is 19.9. The molecule has 4 rings (SSSR count). The summed E-state index contributed by atoms with van der Waals surface area (Å²) >= 11 is 8.05. The fourth-order valence-electron chi connectivity index (χ4n) is 3.59. The second-order valence-electron chi connectivity index (χ2n) is 8.07. The monoisotopic (exact) mass is 464 g/mol. The highest BCUT2D eigenvalue weighted by atomic mass is 35.5. The molecule has 9 heteroatoms. The molecule has 0 bridgehead atoms. The third-order valence-electron chi connectivity index (χ3n) is 5.30. The van der Waals surface area contributed by atoms with E-state index in [0.717, 1.165) is 30.1 Å². The molecular formula is C21H26Cl2N6S. The quantitative estimate of drug-likeness (QED) is 0.543. The Kier molecular flexibility index (Phi) is 6.97. The standard InChI is InChI=1S/C21H25ClN6S.ClH/c1-21(2,20-23-25-26-24-20)14-6-9-18-17(12-14)28(11-5-10-27(3)4)16-8-7-15(22)13-19(16)29-18;/h6-9,12-13H,5,10-11H2,1-4H3,(H,23,24,25,26);1H. The lowest BCUT2D eigenvalue weighted by Gasteiger charge is -2.34. The molecule has 0 atom stereocenters. The number of fused-ring (bicyclic) bond motifs is 2. The first kappa shape index (κ1) is 22.9. The molecule has 0 unspecified atom stereocenters. The van der Waals surface area contributed by atoms with Crippen LogP contribution >= 0.6 is 35.8 Å². The number of aromatic amines is 1. The van der Waals surface area contributed by atoms with Crippen LogP contribution in [-0.4, -0.2) is 52.7 Å². The van der Waals surface area contributed by atoms with Crippen molar-refractivity contribution in [2.75, 3.05) is 32.1 Å². The first-order valence-electron chi connectivity index (χ1n) is 9.64. The zero-order valence-electron chi connectivity index (χ0n) is 17.5. The Balaban J connectivity index is 0.00000256. The van der Waals surface area contributed by atoms with Crippen LogP contribution in [0.5, 0.6) is 0 Å². The van der Waals surface area contributed by atoms with E-state index in [0.29, 0.717) is 5.82 Å². The van der Waals surface area contributed by atoms with Gasteiger partial charge in [-0.1, -0.05) is 34.6 Å². The van der Waals surface area contributed by atoms with Gasteiger partial charge in [-0.05, 0) is 76.8 Å². The smallest absolute Gasteiger partial charge is 0.184 e. The van der Waals surface area contributed by atoms with Gasteiger partial charge in [-0.15, -0.1) is 22.6 Å². The minimum atomic E-state index is -0.345. The van der Waals surface area contributed by atoms with E-state index in [4.69, 9.17) is 11.6 Å². The van der Waals surface area contributed by atoms with E-state index in [1.165, 1.54) is 21.2 Å². The van der Waals surface area contributed by atoms with Gasteiger partial charge in [0.25, 0.3) is 0 Å². The largest absolute Gasteiger partial charge is 0.340 e. The first-order chi connectivity index (χ1) is 13.9. The maximum absolute atomic E-state index is 6.28. The number of hydrogen-bond donors (Lipinski definition) is 1. The van der Waals surface area contributed by atoms with E-state index in [1.54, 1.807) is 11.8 Å². The summed E-state index contributed by atoms with van der Waals surface area (Å²) in [5.74, 6) is 0.687. The van der Waals surface area contributed by atoms with Crippen LogP contribution in [0, 0.1) is 0 Å². The van der Waals surface area contributed by atoms with Crippen molar-refractivity contribution in [2.24, 2.45) is 0 Å². The fourth-order valence-corrected chi connectivity index (χ4v) is 4.94. The van der Waals surface area contributed by atoms with Crippen LogP contribution in [0.25, 0.3) is 0 Å². The van der Waals surface area contributed by atoms with Crippen molar-refractivity contribution < 1.29 is 0 Å². The molecule has 6 nitrogen and oxygen atoms in total. The molecule has 0 amide bonds. The average molecular weight is 465 g/mol. The molecule has 0 saturated carbocycles. The average Bonchev–Trinajstić information content (AvgIpc) is 3.22. The maximum Gasteiger partial charge on any atom is 0.184 e. The summed E-state index contributed by atoms with van der Waals surface area (Å²) in [6, 6.07) is 12.8. The third-order valence-corrected chi connectivity index (χ3v) is 6.64. The van der Waals surface area contributed by atoms with E-state index < -0.39 is 0 Å². The topological polar surface area (TPSA) is 60.9 Å². The van der Waals surface area contributed by atoms with Crippen molar-refractivity contribution >= 4 is 47.1 Å². The summed E-state index contributed by atoms with van der Waals surface area (Å²) in [5, 5.41) is 15.5. The van der Waals surface area contributed by atoms with E-state index in [9.17, 15) is 0 Å². The van der Waals surface area contributed by atoms with Gasteiger partial charge in [0.15, 0.2) is 5.82 Å². The fraction of sp³-hybridized carbons (Fsp3) is 0.381. The molecule has 160 valence electrons. The number of aromatic nitrogens is 4. The zero-order chi connectivity index (χ0) is 20.6. The molecule has 0 aliphatic carbocycles. The highest BCUT2D eigenvalue weighted by Crippen LogP contribution is 2.50. The van der Waals surface area contributed by atoms with E-state index in [1.807, 2.05) is 6.07 Å². The van der Waals surface area contributed by atoms with E-state index in [-0.39, 0.29) is 17.8 Å². The van der Waals surface area contributed by atoms with Crippen LogP contribution in [0.2, 0.25) is 5.02 Å². The SMILES string of the molecule is CN(C)CCCN1c2ccc(Cl)cc2Sc2ccc(C(C)(C)c3nn[nH]n3)cc21.Cl. The highest BCUT2D eigenvalue weighted by molar-refractivity contribution is 7.99. The minimum absolute atomic E-state index is 0. The lowest BCUT2D eigenvalue weighted by Crippen LogP contribution is -2.27. The highest BCUT2D eigenvalue weighted by Gasteiger charge is 2.31. The van der Waals surface area contributed by atoms with Gasteiger partial charge in [-0.25, -0.2) is 0 Å². The molecule has 0 spiro atoms. The third kappa shape index (κ3) is 4.44. The lowest BCUT2D eigenvalue weighted by molar-refractivity contribution is 0.402. The lowest BCUT2D eigenvalue weighted by atomic mass is 9.83. The Morgan fingerprint density at radius 2 is 1.90 bits per heavy atom. The number of H-pyrrole nitrogens is 1. The second-order valence-corrected chi connectivity index (χ2v) is 9.59. The normalized spacial score (nSPS) is 13.1. The number of nitrogens with one attached hydrogen (secondary N) is 1.